The molecule has 0 N–H and O–H groups in total. The fraction of sp³-hybridized carbons (Fsp3) is 0.647. The van der Waals surface area contributed by atoms with E-state index < -0.39 is 0 Å². The van der Waals surface area contributed by atoms with Crippen molar-refractivity contribution in [3.8, 4) is 0 Å². The van der Waals surface area contributed by atoms with E-state index in [1.807, 2.05) is 11.8 Å². The minimum Gasteiger partial charge on any atom is -0.365 e. The maximum atomic E-state index is 2.72. The summed E-state index contributed by atoms with van der Waals surface area (Å²) in [5, 5.41) is 0. The fourth-order valence-electron chi connectivity index (χ4n) is 3.68. The maximum absolute atomic E-state index is 2.72. The van der Waals surface area contributed by atoms with Crippen LogP contribution < -0.4 is 4.90 Å². The zero-order chi connectivity index (χ0) is 14.1. The molecule has 3 heteroatoms. The number of piperazine rings is 1. The van der Waals surface area contributed by atoms with Gasteiger partial charge in [-0.3, -0.25) is 4.90 Å². The van der Waals surface area contributed by atoms with Crippen LogP contribution in [0.5, 0.6) is 0 Å². The first-order valence-corrected chi connectivity index (χ1v) is 9.06. The largest absolute Gasteiger partial charge is 0.365 e. The third-order valence-corrected chi connectivity index (χ3v) is 5.65. The van der Waals surface area contributed by atoms with Crippen molar-refractivity contribution in [3.05, 3.63) is 24.3 Å². The summed E-state index contributed by atoms with van der Waals surface area (Å²) < 4.78 is 0. The Hall–Kier alpha value is -0.670. The number of nitrogens with zero attached hydrogens (tertiary/aromatic N) is 2. The van der Waals surface area contributed by atoms with Crippen LogP contribution in [0, 0.1) is 5.92 Å². The Labute approximate surface area is 127 Å². The second kappa shape index (κ2) is 5.98. The van der Waals surface area contributed by atoms with Crippen LogP contribution in [0.15, 0.2) is 29.2 Å². The van der Waals surface area contributed by atoms with E-state index in [9.17, 15) is 0 Å². The summed E-state index contributed by atoms with van der Waals surface area (Å²) in [4.78, 5) is 6.74. The van der Waals surface area contributed by atoms with Crippen LogP contribution in [-0.2, 0) is 0 Å². The fourth-order valence-corrected chi connectivity index (χ4v) is 4.09. The number of rotatable bonds is 3. The monoisotopic (exact) mass is 290 g/mol. The van der Waals surface area contributed by atoms with Crippen molar-refractivity contribution in [2.45, 2.75) is 43.7 Å². The normalized spacial score (nSPS) is 27.1. The van der Waals surface area contributed by atoms with Crippen molar-refractivity contribution >= 4 is 17.4 Å². The molecular weight excluding hydrogens is 264 g/mol. The number of fused-ring (bicyclic) bond motifs is 1. The van der Waals surface area contributed by atoms with E-state index in [1.54, 1.807) is 0 Å². The average molecular weight is 290 g/mol. The van der Waals surface area contributed by atoms with Crippen molar-refractivity contribution in [3.63, 3.8) is 0 Å². The Balaban J connectivity index is 1.83. The first-order valence-electron chi connectivity index (χ1n) is 7.84. The van der Waals surface area contributed by atoms with Gasteiger partial charge in [-0.2, -0.15) is 0 Å². The van der Waals surface area contributed by atoms with E-state index in [-0.39, 0.29) is 0 Å². The Bertz CT molecular complexity index is 443. The molecule has 0 radical (unpaired) electrons. The van der Waals surface area contributed by atoms with Gasteiger partial charge in [0.2, 0.25) is 0 Å². The lowest BCUT2D eigenvalue weighted by atomic mass is 9.96. The molecule has 0 aliphatic carbocycles. The van der Waals surface area contributed by atoms with Gasteiger partial charge in [-0.1, -0.05) is 13.8 Å². The molecule has 2 saturated heterocycles. The van der Waals surface area contributed by atoms with Gasteiger partial charge in [0.25, 0.3) is 0 Å². The zero-order valence-corrected chi connectivity index (χ0v) is 13.7. The van der Waals surface area contributed by atoms with Crippen LogP contribution in [0.25, 0.3) is 0 Å². The molecule has 110 valence electrons. The van der Waals surface area contributed by atoms with E-state index in [4.69, 9.17) is 0 Å². The van der Waals surface area contributed by atoms with Gasteiger partial charge in [0, 0.05) is 35.8 Å². The van der Waals surface area contributed by atoms with E-state index in [2.05, 4.69) is 54.2 Å². The number of hydrogen-bond donors (Lipinski definition) is 0. The Kier molecular flexibility index (Phi) is 4.27. The zero-order valence-electron chi connectivity index (χ0n) is 12.9. The minimum atomic E-state index is 0.657. The summed E-state index contributed by atoms with van der Waals surface area (Å²) in [7, 11) is 0. The standard InChI is InChI=1S/C17H26N2S/c1-13(2)17-12-18-10-4-5-15(18)11-19(17)14-6-8-16(20-3)9-7-14/h6-9,13,15,17H,4-5,10-12H2,1-3H3. The Morgan fingerprint density at radius 1 is 1.15 bits per heavy atom. The van der Waals surface area contributed by atoms with Crippen molar-refractivity contribution < 1.29 is 0 Å². The van der Waals surface area contributed by atoms with Crippen molar-refractivity contribution in [2.75, 3.05) is 30.8 Å². The first-order chi connectivity index (χ1) is 9.69. The molecule has 2 nitrogen and oxygen atoms in total. The lowest BCUT2D eigenvalue weighted by Gasteiger charge is -2.46. The topological polar surface area (TPSA) is 6.48 Å². The van der Waals surface area contributed by atoms with Crippen LogP contribution in [0.4, 0.5) is 5.69 Å². The third-order valence-electron chi connectivity index (χ3n) is 4.90. The van der Waals surface area contributed by atoms with Gasteiger partial charge >= 0.3 is 0 Å². The highest BCUT2D eigenvalue weighted by molar-refractivity contribution is 7.98. The highest BCUT2D eigenvalue weighted by Crippen LogP contribution is 2.32. The average Bonchev–Trinajstić information content (AvgIpc) is 2.93. The number of hydrogen-bond acceptors (Lipinski definition) is 3. The molecule has 0 amide bonds. The molecule has 2 heterocycles. The van der Waals surface area contributed by atoms with Gasteiger partial charge in [-0.25, -0.2) is 0 Å². The van der Waals surface area contributed by atoms with E-state index in [0.29, 0.717) is 12.0 Å². The molecule has 2 atom stereocenters. The van der Waals surface area contributed by atoms with Gasteiger partial charge in [-0.15, -0.1) is 11.8 Å². The van der Waals surface area contributed by atoms with Crippen LogP contribution in [0.2, 0.25) is 0 Å². The summed E-state index contributed by atoms with van der Waals surface area (Å²) in [5.41, 5.74) is 1.41. The Morgan fingerprint density at radius 3 is 2.55 bits per heavy atom. The number of benzene rings is 1. The maximum Gasteiger partial charge on any atom is 0.0440 e. The van der Waals surface area contributed by atoms with Crippen molar-refractivity contribution in [1.82, 2.24) is 4.90 Å². The highest BCUT2D eigenvalue weighted by Gasteiger charge is 2.37. The molecule has 0 spiro atoms. The molecule has 20 heavy (non-hydrogen) atoms. The predicted octanol–water partition coefficient (Wildman–Crippen LogP) is 3.72. The molecule has 2 aliphatic rings. The lowest BCUT2D eigenvalue weighted by molar-refractivity contribution is 0.176. The van der Waals surface area contributed by atoms with E-state index in [0.717, 1.165) is 6.04 Å². The summed E-state index contributed by atoms with van der Waals surface area (Å²) >= 11 is 1.82. The Morgan fingerprint density at radius 2 is 1.90 bits per heavy atom. The van der Waals surface area contributed by atoms with Gasteiger partial charge in [0.1, 0.15) is 0 Å². The molecule has 1 aromatic carbocycles. The van der Waals surface area contributed by atoms with Gasteiger partial charge in [0.15, 0.2) is 0 Å². The quantitative estimate of drug-likeness (QED) is 0.784. The molecule has 2 aliphatic heterocycles. The van der Waals surface area contributed by atoms with Crippen molar-refractivity contribution in [1.29, 1.82) is 0 Å². The molecule has 0 saturated carbocycles. The van der Waals surface area contributed by atoms with Crippen LogP contribution in [0.3, 0.4) is 0 Å². The van der Waals surface area contributed by atoms with Gasteiger partial charge in [0.05, 0.1) is 0 Å². The molecule has 0 bridgehead atoms. The molecule has 1 aromatic rings. The summed E-state index contributed by atoms with van der Waals surface area (Å²) in [6.45, 7) is 8.50. The summed E-state index contributed by atoms with van der Waals surface area (Å²) in [5.74, 6) is 0.705. The smallest absolute Gasteiger partial charge is 0.0440 e. The van der Waals surface area contributed by atoms with Crippen molar-refractivity contribution in [2.24, 2.45) is 5.92 Å². The molecule has 0 aromatic heterocycles. The number of thioether (sulfide) groups is 1. The van der Waals surface area contributed by atoms with E-state index >= 15 is 0 Å². The molecule has 3 rings (SSSR count). The summed E-state index contributed by atoms with van der Waals surface area (Å²) in [6, 6.07) is 10.6. The van der Waals surface area contributed by atoms with Gasteiger partial charge < -0.3 is 4.90 Å². The summed E-state index contributed by atoms with van der Waals surface area (Å²) in [6.07, 6.45) is 4.90. The van der Waals surface area contributed by atoms with Gasteiger partial charge in [-0.05, 0) is 55.8 Å². The first kappa shape index (κ1) is 14.3. The minimum absolute atomic E-state index is 0.657. The van der Waals surface area contributed by atoms with Crippen LogP contribution >= 0.6 is 11.8 Å². The highest BCUT2D eigenvalue weighted by atomic mass is 32.2. The predicted molar refractivity (Wildman–Crippen MR) is 88.8 cm³/mol. The SMILES string of the molecule is CSc1ccc(N2CC3CCCN3CC2C(C)C)cc1. The second-order valence-corrected chi connectivity index (χ2v) is 7.33. The molecule has 2 unspecified atom stereocenters. The molecular formula is C17H26N2S. The van der Waals surface area contributed by atoms with E-state index in [1.165, 1.54) is 43.1 Å². The second-order valence-electron chi connectivity index (χ2n) is 6.45. The molecule has 2 fully saturated rings. The third kappa shape index (κ3) is 2.71. The number of anilines is 1. The van der Waals surface area contributed by atoms with Crippen LogP contribution in [-0.4, -0.2) is 42.9 Å². The van der Waals surface area contributed by atoms with Crippen LogP contribution in [0.1, 0.15) is 26.7 Å². The lowest BCUT2D eigenvalue weighted by Crippen LogP contribution is -2.58.